The van der Waals surface area contributed by atoms with E-state index in [4.69, 9.17) is 0 Å². The Balaban J connectivity index is 1.46. The van der Waals surface area contributed by atoms with Crippen LogP contribution in [0.3, 0.4) is 0 Å². The van der Waals surface area contributed by atoms with E-state index in [1.165, 1.54) is 6.33 Å². The van der Waals surface area contributed by atoms with E-state index in [1.54, 1.807) is 18.3 Å². The number of benzene rings is 1. The van der Waals surface area contributed by atoms with Crippen molar-refractivity contribution in [3.63, 3.8) is 0 Å². The first-order valence-corrected chi connectivity index (χ1v) is 8.42. The summed E-state index contributed by atoms with van der Waals surface area (Å²) in [6, 6.07) is 7.30. The zero-order chi connectivity index (χ0) is 17.2. The number of aromatic nitrogens is 4. The maximum absolute atomic E-state index is 11.4. The summed E-state index contributed by atoms with van der Waals surface area (Å²) in [6.07, 6.45) is 7.89. The molecule has 0 spiro atoms. The second-order valence-electron chi connectivity index (χ2n) is 6.39. The molecule has 1 N–H and O–H groups in total. The van der Waals surface area contributed by atoms with Crippen molar-refractivity contribution >= 4 is 17.4 Å². The van der Waals surface area contributed by atoms with E-state index in [-0.39, 0.29) is 0 Å². The number of carbonyl (C=O) groups is 1. The van der Waals surface area contributed by atoms with Gasteiger partial charge in [-0.25, -0.2) is 9.78 Å². The molecule has 0 bridgehead atoms. The van der Waals surface area contributed by atoms with E-state index in [9.17, 15) is 9.90 Å². The van der Waals surface area contributed by atoms with Gasteiger partial charge in [-0.3, -0.25) is 4.98 Å². The molecule has 0 saturated carbocycles. The van der Waals surface area contributed by atoms with Crippen LogP contribution in [-0.2, 0) is 6.42 Å². The minimum absolute atomic E-state index is 0.418. The van der Waals surface area contributed by atoms with E-state index in [0.717, 1.165) is 49.4 Å². The number of hydrogen-bond acceptors (Lipinski definition) is 5. The molecule has 3 aromatic rings. The SMILES string of the molecule is O=C(O)c1ccccc1CC1CCN(c2cncc3ncnn23)CC1. The van der Waals surface area contributed by atoms with Crippen LogP contribution in [0.15, 0.2) is 43.0 Å². The number of carboxylic acid groups (broad SMARTS) is 1. The summed E-state index contributed by atoms with van der Waals surface area (Å²) < 4.78 is 1.81. The van der Waals surface area contributed by atoms with Crippen molar-refractivity contribution < 1.29 is 9.90 Å². The molecule has 0 aliphatic carbocycles. The average molecular weight is 337 g/mol. The third-order valence-corrected chi connectivity index (χ3v) is 4.87. The Bertz CT molecular complexity index is 899. The molecule has 1 aromatic carbocycles. The van der Waals surface area contributed by atoms with E-state index >= 15 is 0 Å². The molecule has 0 radical (unpaired) electrons. The second-order valence-corrected chi connectivity index (χ2v) is 6.39. The van der Waals surface area contributed by atoms with Gasteiger partial charge in [-0.2, -0.15) is 9.61 Å². The first-order chi connectivity index (χ1) is 12.2. The molecule has 1 aliphatic rings. The van der Waals surface area contributed by atoms with Gasteiger partial charge in [0, 0.05) is 13.1 Å². The van der Waals surface area contributed by atoms with Crippen LogP contribution in [0.25, 0.3) is 5.65 Å². The maximum atomic E-state index is 11.4. The molecule has 1 fully saturated rings. The summed E-state index contributed by atoms with van der Waals surface area (Å²) in [4.78, 5) is 22.1. The number of carboxylic acids is 1. The standard InChI is InChI=1S/C18H19N5O2/c24-18(25)15-4-2-1-3-14(15)9-13-5-7-22(8-6-13)17-11-19-10-16-20-12-21-23(16)17/h1-4,10-13H,5-9H2,(H,24,25). The van der Waals surface area contributed by atoms with Gasteiger partial charge in [-0.15, -0.1) is 0 Å². The minimum atomic E-state index is -0.850. The van der Waals surface area contributed by atoms with Crippen LogP contribution in [-0.4, -0.2) is 43.7 Å². The lowest BCUT2D eigenvalue weighted by Gasteiger charge is -2.33. The first-order valence-electron chi connectivity index (χ1n) is 8.42. The van der Waals surface area contributed by atoms with E-state index < -0.39 is 5.97 Å². The topological polar surface area (TPSA) is 83.6 Å². The zero-order valence-corrected chi connectivity index (χ0v) is 13.7. The molecular weight excluding hydrogens is 318 g/mol. The summed E-state index contributed by atoms with van der Waals surface area (Å²) >= 11 is 0. The number of anilines is 1. The Morgan fingerprint density at radius 1 is 1.20 bits per heavy atom. The highest BCUT2D eigenvalue weighted by atomic mass is 16.4. The maximum Gasteiger partial charge on any atom is 0.335 e. The molecule has 2 aromatic heterocycles. The van der Waals surface area contributed by atoms with Crippen LogP contribution in [0.1, 0.15) is 28.8 Å². The summed E-state index contributed by atoms with van der Waals surface area (Å²) in [6.45, 7) is 1.81. The molecule has 128 valence electrons. The van der Waals surface area contributed by atoms with Gasteiger partial charge >= 0.3 is 5.97 Å². The Morgan fingerprint density at radius 3 is 2.80 bits per heavy atom. The van der Waals surface area contributed by atoms with Crippen molar-refractivity contribution in [2.75, 3.05) is 18.0 Å². The number of piperidine rings is 1. The third-order valence-electron chi connectivity index (χ3n) is 4.87. The van der Waals surface area contributed by atoms with Crippen LogP contribution in [0.4, 0.5) is 5.82 Å². The van der Waals surface area contributed by atoms with Gasteiger partial charge in [0.15, 0.2) is 11.5 Å². The Kier molecular flexibility index (Phi) is 4.05. The highest BCUT2D eigenvalue weighted by Gasteiger charge is 2.23. The highest BCUT2D eigenvalue weighted by Crippen LogP contribution is 2.26. The molecule has 0 atom stereocenters. The van der Waals surface area contributed by atoms with Crippen LogP contribution in [0.5, 0.6) is 0 Å². The lowest BCUT2D eigenvalue weighted by Crippen LogP contribution is -2.35. The molecule has 7 heteroatoms. The zero-order valence-electron chi connectivity index (χ0n) is 13.7. The van der Waals surface area contributed by atoms with Crippen LogP contribution in [0.2, 0.25) is 0 Å². The molecule has 1 saturated heterocycles. The van der Waals surface area contributed by atoms with Gasteiger partial charge in [0.2, 0.25) is 0 Å². The molecule has 1 aliphatic heterocycles. The normalized spacial score (nSPS) is 15.6. The summed E-state index contributed by atoms with van der Waals surface area (Å²) in [7, 11) is 0. The first kappa shape index (κ1) is 15.6. The van der Waals surface area contributed by atoms with Gasteiger partial charge in [0.05, 0.1) is 18.0 Å². The van der Waals surface area contributed by atoms with Crippen molar-refractivity contribution in [2.45, 2.75) is 19.3 Å². The molecule has 3 heterocycles. The lowest BCUT2D eigenvalue weighted by molar-refractivity contribution is 0.0695. The smallest absolute Gasteiger partial charge is 0.335 e. The molecule has 25 heavy (non-hydrogen) atoms. The Hall–Kier alpha value is -2.96. The summed E-state index contributed by atoms with van der Waals surface area (Å²) in [5.41, 5.74) is 2.09. The largest absolute Gasteiger partial charge is 0.478 e. The van der Waals surface area contributed by atoms with Gasteiger partial charge in [-0.05, 0) is 36.8 Å². The fourth-order valence-corrected chi connectivity index (χ4v) is 3.54. The Morgan fingerprint density at radius 2 is 2.00 bits per heavy atom. The van der Waals surface area contributed by atoms with Crippen molar-refractivity contribution in [1.82, 2.24) is 19.6 Å². The van der Waals surface area contributed by atoms with E-state index in [2.05, 4.69) is 20.0 Å². The number of hydrogen-bond donors (Lipinski definition) is 1. The van der Waals surface area contributed by atoms with Gasteiger partial charge < -0.3 is 10.0 Å². The fraction of sp³-hybridized carbons (Fsp3) is 0.333. The number of fused-ring (bicyclic) bond motifs is 1. The quantitative estimate of drug-likeness (QED) is 0.786. The third kappa shape index (κ3) is 3.05. The predicted molar refractivity (Wildman–Crippen MR) is 92.8 cm³/mol. The van der Waals surface area contributed by atoms with Crippen molar-refractivity contribution in [1.29, 1.82) is 0 Å². The molecule has 4 rings (SSSR count). The van der Waals surface area contributed by atoms with Gasteiger partial charge in [0.1, 0.15) is 6.33 Å². The van der Waals surface area contributed by atoms with Crippen molar-refractivity contribution in [2.24, 2.45) is 5.92 Å². The summed E-state index contributed by atoms with van der Waals surface area (Å²) in [5.74, 6) is 0.594. The second kappa shape index (κ2) is 6.51. The van der Waals surface area contributed by atoms with Crippen LogP contribution >= 0.6 is 0 Å². The predicted octanol–water partition coefficient (Wildman–Crippen LogP) is 2.28. The monoisotopic (exact) mass is 337 g/mol. The van der Waals surface area contributed by atoms with Gasteiger partial charge in [-0.1, -0.05) is 18.2 Å². The van der Waals surface area contributed by atoms with E-state index in [0.29, 0.717) is 11.5 Å². The number of rotatable bonds is 4. The Labute approximate surface area is 144 Å². The number of aromatic carboxylic acids is 1. The molecular formula is C18H19N5O2. The minimum Gasteiger partial charge on any atom is -0.478 e. The van der Waals surface area contributed by atoms with Crippen molar-refractivity contribution in [3.8, 4) is 0 Å². The lowest BCUT2D eigenvalue weighted by atomic mass is 9.88. The summed E-state index contributed by atoms with van der Waals surface area (Å²) in [5, 5.41) is 13.6. The van der Waals surface area contributed by atoms with Crippen molar-refractivity contribution in [3.05, 3.63) is 54.1 Å². The fourth-order valence-electron chi connectivity index (χ4n) is 3.54. The van der Waals surface area contributed by atoms with Crippen LogP contribution < -0.4 is 4.90 Å². The van der Waals surface area contributed by atoms with Gasteiger partial charge in [0.25, 0.3) is 0 Å². The molecule has 0 amide bonds. The average Bonchev–Trinajstić information content (AvgIpc) is 3.11. The number of nitrogens with zero attached hydrogens (tertiary/aromatic N) is 5. The molecule has 7 nitrogen and oxygen atoms in total. The van der Waals surface area contributed by atoms with Crippen LogP contribution in [0, 0.1) is 5.92 Å². The molecule has 0 unspecified atom stereocenters. The van der Waals surface area contributed by atoms with E-state index in [1.807, 2.05) is 22.8 Å². The highest BCUT2D eigenvalue weighted by molar-refractivity contribution is 5.89.